The second-order valence-corrected chi connectivity index (χ2v) is 32.1. The predicted molar refractivity (Wildman–Crippen MR) is 379 cm³/mol. The smallest absolute Gasteiger partial charge is 0.268 e. The number of aliphatic hydroxyl groups is 3. The molecule has 18 rings (SSSR count). The van der Waals surface area contributed by atoms with Crippen LogP contribution < -0.4 is 21.5 Å². The summed E-state index contributed by atoms with van der Waals surface area (Å²) in [4.78, 5) is 5.26. The lowest BCUT2D eigenvalue weighted by molar-refractivity contribution is -0.0834. The topological polar surface area (TPSA) is 230 Å². The monoisotopic (exact) mass is 1320 g/mol. The highest BCUT2D eigenvalue weighted by molar-refractivity contribution is 7.86. The molecule has 0 radical (unpaired) electrons. The molecule has 12 bridgehead atoms. The molecular formula is C83H90N4O9S. The van der Waals surface area contributed by atoms with E-state index in [1.807, 2.05) is 49.5 Å². The number of aromatic hydroxyl groups is 1. The highest BCUT2D eigenvalue weighted by atomic mass is 32.2. The average molecular weight is 1320 g/mol. The van der Waals surface area contributed by atoms with Gasteiger partial charge in [-0.25, -0.2) is 4.99 Å². The van der Waals surface area contributed by atoms with E-state index in [0.717, 1.165) is 102 Å². The first-order valence-corrected chi connectivity index (χ1v) is 37.2. The summed E-state index contributed by atoms with van der Waals surface area (Å²) in [5.41, 5.74) is 24.9. The number of aryl methyl sites for hydroxylation is 2. The van der Waals surface area contributed by atoms with Crippen molar-refractivity contribution < 1.29 is 42.9 Å². The molecule has 0 spiro atoms. The number of fused-ring (bicyclic) bond motifs is 12. The van der Waals surface area contributed by atoms with Gasteiger partial charge >= 0.3 is 0 Å². The fraction of sp³-hybridized carbons (Fsp3) is 0.434. The van der Waals surface area contributed by atoms with Gasteiger partial charge in [0, 0.05) is 60.4 Å². The highest BCUT2D eigenvalue weighted by Crippen LogP contribution is 2.60. The van der Waals surface area contributed by atoms with Crippen LogP contribution in [0.1, 0.15) is 198 Å². The molecule has 6 aliphatic carbocycles. The summed E-state index contributed by atoms with van der Waals surface area (Å²) in [6.07, 6.45) is 15.0. The Bertz CT molecular complexity index is 4520. The number of aliphatic hydroxyl groups excluding tert-OH is 1. The first-order chi connectivity index (χ1) is 46.9. The highest BCUT2D eigenvalue weighted by Gasteiger charge is 2.53. The fourth-order valence-corrected chi connectivity index (χ4v) is 21.3. The van der Waals surface area contributed by atoms with Gasteiger partial charge in [-0.15, -0.1) is 0 Å². The molecule has 11 aliphatic rings. The Hall–Kier alpha value is -7.58. The molecule has 1 saturated carbocycles. The number of allylic oxidation sites excluding steroid dienone is 2. The molecule has 0 unspecified atom stereocenters. The maximum Gasteiger partial charge on any atom is 0.268 e. The Balaban J connectivity index is 0.805. The van der Waals surface area contributed by atoms with Crippen molar-refractivity contribution in [3.63, 3.8) is 0 Å². The van der Waals surface area contributed by atoms with E-state index in [1.165, 1.54) is 33.0 Å². The molecule has 502 valence electrons. The lowest BCUT2D eigenvalue weighted by Gasteiger charge is -2.47. The van der Waals surface area contributed by atoms with Gasteiger partial charge in [-0.1, -0.05) is 140 Å². The largest absolute Gasteiger partial charge is 0.508 e. The lowest BCUT2D eigenvalue weighted by atomic mass is 9.60. The minimum atomic E-state index is -4.73. The standard InChI is InChI=1S/C83H90N4O9S/c1-48-16-17-54-39-65-25-28-67(54)71(48)43-75(97(92,93)94)72-41-60-37-59(40-66-34-50(47-88)11-6-12-53-38-64(89)24-27-70(53)79(60)95-66)76(72)51-18-22-62(23-19-51)83(96-65,87-80(84)85)45-63(33-49-9-4-3-5-10-49)81(90)31-8-14-58(44-81)52-21-29-73-56(35-52)20-26-69-61(46-86-2)36-57-13-7-15-68-55-30-32-82(73,91)74(42-55)78(69)77(57)68/h3-5,7,9-10,13,15,18-19,21-25,27-30,32,35-36,38-39,41,48,50,55,58-59,63,66,71-72,74-76,79,86,88-91H,8,11,14,16-17,20,26,31,33-34,37,40,42-47H2,1-2H3,(H4,84,85,87)(H,92,93,94)/t48-,50+,55-,58+,59-,63-,66-,71+,72-,74+,75-,76+,79-,81-,82+,83-/m1/s1. The molecule has 7 aromatic carbocycles. The number of benzene rings is 7. The Morgan fingerprint density at radius 2 is 1.67 bits per heavy atom. The lowest BCUT2D eigenvalue weighted by Crippen LogP contribution is -2.48. The quantitative estimate of drug-likeness (QED) is 0.0199. The van der Waals surface area contributed by atoms with Crippen LogP contribution in [0.25, 0.3) is 10.8 Å². The molecule has 7 aromatic rings. The molecule has 14 heteroatoms. The van der Waals surface area contributed by atoms with E-state index >= 15 is 0 Å². The summed E-state index contributed by atoms with van der Waals surface area (Å²) in [5.74, 6) is 5.00. The van der Waals surface area contributed by atoms with Crippen molar-refractivity contribution >= 4 is 26.9 Å². The molecular weight excluding hydrogens is 1230 g/mol. The minimum Gasteiger partial charge on any atom is -0.508 e. The van der Waals surface area contributed by atoms with Gasteiger partial charge in [0.25, 0.3) is 10.1 Å². The molecule has 5 heterocycles. The zero-order valence-electron chi connectivity index (χ0n) is 55.5. The van der Waals surface area contributed by atoms with Gasteiger partial charge in [-0.2, -0.15) is 8.42 Å². The van der Waals surface area contributed by atoms with E-state index in [0.29, 0.717) is 61.8 Å². The number of aliphatic imine (C=N–C) groups is 1. The summed E-state index contributed by atoms with van der Waals surface area (Å²) in [5, 5.41) is 53.9. The van der Waals surface area contributed by atoms with Crippen LogP contribution in [-0.2, 0) is 58.4 Å². The number of hydrogen-bond acceptors (Lipinski definition) is 10. The average Bonchev–Trinajstić information content (AvgIpc) is 1.05. The molecule has 1 saturated heterocycles. The van der Waals surface area contributed by atoms with E-state index < -0.39 is 56.2 Å². The van der Waals surface area contributed by atoms with Gasteiger partial charge in [0.15, 0.2) is 5.96 Å². The Morgan fingerprint density at radius 1 is 0.845 bits per heavy atom. The zero-order valence-corrected chi connectivity index (χ0v) is 56.4. The maximum absolute atomic E-state index is 14.6. The van der Waals surface area contributed by atoms with E-state index in [1.54, 1.807) is 12.1 Å². The summed E-state index contributed by atoms with van der Waals surface area (Å²) in [6.45, 7) is 2.84. The summed E-state index contributed by atoms with van der Waals surface area (Å²) < 4.78 is 56.0. The molecule has 10 N–H and O–H groups in total. The van der Waals surface area contributed by atoms with Gasteiger partial charge in [0.1, 0.15) is 23.2 Å². The van der Waals surface area contributed by atoms with Crippen molar-refractivity contribution in [2.45, 2.75) is 180 Å². The van der Waals surface area contributed by atoms with Gasteiger partial charge in [0.05, 0.1) is 17.0 Å². The summed E-state index contributed by atoms with van der Waals surface area (Å²) in [7, 11) is -2.72. The van der Waals surface area contributed by atoms with Crippen LogP contribution in [0.15, 0.2) is 162 Å². The van der Waals surface area contributed by atoms with Crippen molar-refractivity contribution in [2.24, 2.45) is 46.0 Å². The third kappa shape index (κ3) is 11.5. The number of rotatable bonds is 11. The first kappa shape index (κ1) is 64.1. The van der Waals surface area contributed by atoms with Crippen molar-refractivity contribution in [1.29, 1.82) is 0 Å². The van der Waals surface area contributed by atoms with Crippen molar-refractivity contribution in [3.05, 3.63) is 235 Å². The molecule has 2 fully saturated rings. The van der Waals surface area contributed by atoms with Crippen LogP contribution in [0.5, 0.6) is 11.5 Å². The number of phenols is 1. The minimum absolute atomic E-state index is 0.0164. The third-order valence-electron chi connectivity index (χ3n) is 24.8. The molecule has 5 aliphatic heterocycles. The number of guanidine groups is 1. The second-order valence-electron chi connectivity index (χ2n) is 30.4. The number of hydrogen-bond donors (Lipinski definition) is 8. The number of nitrogens with zero attached hydrogens (tertiary/aromatic N) is 1. The number of nitrogens with one attached hydrogen (secondary N) is 1. The van der Waals surface area contributed by atoms with Crippen molar-refractivity contribution in [3.8, 4) is 23.3 Å². The Kier molecular flexibility index (Phi) is 16.5. The molecule has 0 aromatic heterocycles. The normalized spacial score (nSPS) is 31.6. The summed E-state index contributed by atoms with van der Waals surface area (Å²) >= 11 is 0. The second kappa shape index (κ2) is 25.0. The maximum atomic E-state index is 14.6. The van der Waals surface area contributed by atoms with E-state index in [-0.39, 0.29) is 78.7 Å². The van der Waals surface area contributed by atoms with Crippen LogP contribution in [0.4, 0.5) is 0 Å². The van der Waals surface area contributed by atoms with Crippen LogP contribution in [0, 0.1) is 41.4 Å². The van der Waals surface area contributed by atoms with Crippen LogP contribution in [-0.4, -0.2) is 70.0 Å². The van der Waals surface area contributed by atoms with Gasteiger partial charge < -0.3 is 46.7 Å². The SMILES string of the molecule is CNCc1cc2cccc3c2c2c1CCc1cc([C@H]4CCC[C@](O)([C@H](Cc5ccccc5)C[C@@]5(N=C(N)N)Oc6ccc7c(c6)CC[C@@H](C)[C@@H]7C[C@@H](S(=O)(=O)O)[C@H]6C=C7C[C@H](C[C@H]8C[C@@H](CO)CC#Cc9cc(O)ccc9[C@@H]7O8)[C@@H]6c6ccc5cc6)C4)ccc1[C@@]1(O)C=C[C@@H]3C[C@@H]21. The zero-order chi connectivity index (χ0) is 66.7. The molecule has 16 atom stereocenters. The Morgan fingerprint density at radius 3 is 2.47 bits per heavy atom. The Labute approximate surface area is 570 Å². The molecule has 97 heavy (non-hydrogen) atoms. The van der Waals surface area contributed by atoms with Crippen LogP contribution in [0.2, 0.25) is 0 Å². The number of phenolic OH excluding ortho intramolecular Hbond substituents is 1. The molecule has 13 nitrogen and oxygen atoms in total. The first-order valence-electron chi connectivity index (χ1n) is 35.7. The molecule has 0 amide bonds. The fourth-order valence-electron chi connectivity index (χ4n) is 20.2. The van der Waals surface area contributed by atoms with Gasteiger partial charge in [-0.3, -0.25) is 4.55 Å². The van der Waals surface area contributed by atoms with Crippen LogP contribution in [0.3, 0.4) is 0 Å². The third-order valence-corrected chi connectivity index (χ3v) is 26.0. The van der Waals surface area contributed by atoms with Crippen LogP contribution >= 0.6 is 0 Å². The van der Waals surface area contributed by atoms with E-state index in [2.05, 4.69) is 121 Å². The predicted octanol–water partition coefficient (Wildman–Crippen LogP) is 13.5. The number of nitrogens with two attached hydrogens (primary N) is 2. The van der Waals surface area contributed by atoms with Gasteiger partial charge in [0.2, 0.25) is 5.72 Å². The van der Waals surface area contributed by atoms with Gasteiger partial charge in [-0.05, 0) is 246 Å². The van der Waals surface area contributed by atoms with E-state index in [4.69, 9.17) is 25.9 Å². The van der Waals surface area contributed by atoms with E-state index in [9.17, 15) is 33.4 Å². The van der Waals surface area contributed by atoms with Crippen molar-refractivity contribution in [2.75, 3.05) is 13.7 Å². The number of ether oxygens (including phenoxy) is 2. The van der Waals surface area contributed by atoms with Crippen molar-refractivity contribution in [1.82, 2.24) is 5.32 Å². The summed E-state index contributed by atoms with van der Waals surface area (Å²) in [6, 6.07) is 45.6.